The maximum absolute atomic E-state index is 14.2. The number of aryl methyl sites for hydroxylation is 1. The van der Waals surface area contributed by atoms with Crippen LogP contribution in [0.1, 0.15) is 71.6 Å². The summed E-state index contributed by atoms with van der Waals surface area (Å²) >= 11 is 0. The van der Waals surface area contributed by atoms with E-state index in [1.54, 1.807) is 7.11 Å². The van der Waals surface area contributed by atoms with Crippen LogP contribution in [0, 0.1) is 12.3 Å². The Labute approximate surface area is 201 Å². The number of Topliss-reactive ketones (excluding diaryl/α,β-unsaturated/α-hetero) is 1. The SMILES string of the molecule is COc1ccc([C@@H]2C(c3ccc(C)cc3)=NO[C@]23C[C@H](C(C)(C)C)c2ccccc2C3=O)cc1. The van der Waals surface area contributed by atoms with Crippen LogP contribution in [0.5, 0.6) is 5.75 Å². The van der Waals surface area contributed by atoms with Crippen molar-refractivity contribution in [3.05, 3.63) is 101 Å². The maximum atomic E-state index is 14.2. The molecule has 0 unspecified atom stereocenters. The smallest absolute Gasteiger partial charge is 0.212 e. The number of oxime groups is 1. The molecule has 34 heavy (non-hydrogen) atoms. The van der Waals surface area contributed by atoms with E-state index in [0.717, 1.165) is 33.7 Å². The Morgan fingerprint density at radius 2 is 1.65 bits per heavy atom. The largest absolute Gasteiger partial charge is 0.497 e. The molecule has 3 atom stereocenters. The van der Waals surface area contributed by atoms with Crippen molar-refractivity contribution in [2.45, 2.75) is 51.6 Å². The normalized spacial score (nSPS) is 23.9. The molecule has 0 aromatic heterocycles. The molecule has 1 aliphatic heterocycles. The highest BCUT2D eigenvalue weighted by molar-refractivity contribution is 6.15. The minimum absolute atomic E-state index is 0.00952. The van der Waals surface area contributed by atoms with Crippen LogP contribution in [0.3, 0.4) is 0 Å². The molecule has 3 aromatic rings. The Hall–Kier alpha value is -3.40. The first-order valence-electron chi connectivity index (χ1n) is 11.9. The number of nitrogens with zero attached hydrogens (tertiary/aromatic N) is 1. The van der Waals surface area contributed by atoms with Crippen LogP contribution >= 0.6 is 0 Å². The van der Waals surface area contributed by atoms with Gasteiger partial charge in [-0.2, -0.15) is 0 Å². The molecule has 0 fully saturated rings. The van der Waals surface area contributed by atoms with E-state index in [4.69, 9.17) is 9.57 Å². The Morgan fingerprint density at radius 1 is 0.971 bits per heavy atom. The fourth-order valence-electron chi connectivity index (χ4n) is 5.47. The van der Waals surface area contributed by atoms with Crippen molar-refractivity contribution in [1.29, 1.82) is 0 Å². The number of benzene rings is 3. The summed E-state index contributed by atoms with van der Waals surface area (Å²) in [6.45, 7) is 8.76. The van der Waals surface area contributed by atoms with Crippen molar-refractivity contribution in [2.75, 3.05) is 7.11 Å². The van der Waals surface area contributed by atoms with E-state index >= 15 is 0 Å². The molecule has 0 amide bonds. The summed E-state index contributed by atoms with van der Waals surface area (Å²) in [5.74, 6) is 0.607. The Morgan fingerprint density at radius 3 is 2.29 bits per heavy atom. The van der Waals surface area contributed by atoms with E-state index in [1.165, 1.54) is 5.56 Å². The lowest BCUT2D eigenvalue weighted by Crippen LogP contribution is -2.51. The molecule has 0 radical (unpaired) electrons. The average Bonchev–Trinajstić information content (AvgIpc) is 3.21. The van der Waals surface area contributed by atoms with Crippen LogP contribution in [-0.4, -0.2) is 24.2 Å². The molecule has 0 saturated heterocycles. The van der Waals surface area contributed by atoms with Crippen molar-refractivity contribution >= 4 is 11.5 Å². The molecule has 3 aromatic carbocycles. The fraction of sp³-hybridized carbons (Fsp3) is 0.333. The minimum Gasteiger partial charge on any atom is -0.497 e. The van der Waals surface area contributed by atoms with Gasteiger partial charge in [0, 0.05) is 17.5 Å². The van der Waals surface area contributed by atoms with Gasteiger partial charge in [-0.3, -0.25) is 4.79 Å². The zero-order valence-electron chi connectivity index (χ0n) is 20.5. The second-order valence-corrected chi connectivity index (χ2v) is 10.6. The first-order valence-corrected chi connectivity index (χ1v) is 11.9. The summed E-state index contributed by atoms with van der Waals surface area (Å²) < 4.78 is 5.39. The van der Waals surface area contributed by atoms with Gasteiger partial charge in [-0.05, 0) is 41.5 Å². The summed E-state index contributed by atoms with van der Waals surface area (Å²) in [7, 11) is 1.66. The Kier molecular flexibility index (Phi) is 5.35. The van der Waals surface area contributed by atoms with Gasteiger partial charge in [0.1, 0.15) is 5.75 Å². The number of methoxy groups -OCH3 is 1. The van der Waals surface area contributed by atoms with E-state index in [2.05, 4.69) is 63.2 Å². The van der Waals surface area contributed by atoms with Gasteiger partial charge >= 0.3 is 0 Å². The van der Waals surface area contributed by atoms with E-state index < -0.39 is 5.60 Å². The van der Waals surface area contributed by atoms with Gasteiger partial charge in [-0.15, -0.1) is 0 Å². The lowest BCUT2D eigenvalue weighted by atomic mass is 9.59. The fourth-order valence-corrected chi connectivity index (χ4v) is 5.47. The number of carbonyl (C=O) groups excluding carboxylic acids is 1. The topological polar surface area (TPSA) is 47.9 Å². The van der Waals surface area contributed by atoms with Crippen molar-refractivity contribution in [1.82, 2.24) is 0 Å². The van der Waals surface area contributed by atoms with Gasteiger partial charge in [0.15, 0.2) is 0 Å². The number of fused-ring (bicyclic) bond motifs is 1. The third-order valence-corrected chi connectivity index (χ3v) is 7.36. The Bertz CT molecular complexity index is 1250. The molecular weight excluding hydrogens is 422 g/mol. The second kappa shape index (κ2) is 8.12. The molecule has 1 spiro atoms. The van der Waals surface area contributed by atoms with Crippen molar-refractivity contribution in [3.8, 4) is 5.75 Å². The van der Waals surface area contributed by atoms with Gasteiger partial charge < -0.3 is 9.57 Å². The molecular formula is C30H31NO3. The monoisotopic (exact) mass is 453 g/mol. The maximum Gasteiger partial charge on any atom is 0.212 e. The van der Waals surface area contributed by atoms with Crippen LogP contribution in [0.2, 0.25) is 0 Å². The van der Waals surface area contributed by atoms with E-state index in [-0.39, 0.29) is 23.0 Å². The van der Waals surface area contributed by atoms with E-state index in [0.29, 0.717) is 6.42 Å². The third kappa shape index (κ3) is 3.53. The predicted molar refractivity (Wildman–Crippen MR) is 135 cm³/mol. The predicted octanol–water partition coefficient (Wildman–Crippen LogP) is 6.68. The van der Waals surface area contributed by atoms with E-state index in [1.807, 2.05) is 42.5 Å². The lowest BCUT2D eigenvalue weighted by Gasteiger charge is -2.44. The molecule has 2 aliphatic rings. The van der Waals surface area contributed by atoms with Gasteiger partial charge in [0.2, 0.25) is 11.4 Å². The summed E-state index contributed by atoms with van der Waals surface area (Å²) in [4.78, 5) is 20.5. The molecule has 4 heteroatoms. The highest BCUT2D eigenvalue weighted by Crippen LogP contribution is 2.55. The molecule has 0 saturated carbocycles. The highest BCUT2D eigenvalue weighted by Gasteiger charge is 2.60. The van der Waals surface area contributed by atoms with E-state index in [9.17, 15) is 4.79 Å². The van der Waals surface area contributed by atoms with Crippen LogP contribution in [-0.2, 0) is 4.84 Å². The molecule has 4 nitrogen and oxygen atoms in total. The first-order chi connectivity index (χ1) is 16.2. The lowest BCUT2D eigenvalue weighted by molar-refractivity contribution is -0.0312. The average molecular weight is 454 g/mol. The summed E-state index contributed by atoms with van der Waals surface area (Å²) in [6.07, 6.45) is 0.571. The van der Waals surface area contributed by atoms with Crippen LogP contribution in [0.4, 0.5) is 0 Å². The van der Waals surface area contributed by atoms with Crippen LogP contribution in [0.15, 0.2) is 78.0 Å². The summed E-state index contributed by atoms with van der Waals surface area (Å²) in [6, 6.07) is 24.2. The molecule has 174 valence electrons. The first kappa shape index (κ1) is 22.4. The van der Waals surface area contributed by atoms with Gasteiger partial charge in [0.05, 0.1) is 18.7 Å². The number of hydrogen-bond donors (Lipinski definition) is 0. The molecule has 1 heterocycles. The third-order valence-electron chi connectivity index (χ3n) is 7.36. The van der Waals surface area contributed by atoms with Gasteiger partial charge in [-0.1, -0.05) is 92.2 Å². The molecule has 5 rings (SSSR count). The van der Waals surface area contributed by atoms with Crippen molar-refractivity contribution in [2.24, 2.45) is 10.6 Å². The second-order valence-electron chi connectivity index (χ2n) is 10.6. The van der Waals surface area contributed by atoms with Crippen molar-refractivity contribution in [3.63, 3.8) is 0 Å². The molecule has 0 bridgehead atoms. The molecule has 1 aliphatic carbocycles. The Balaban J connectivity index is 1.70. The number of ketones is 1. The summed E-state index contributed by atoms with van der Waals surface area (Å²) in [5, 5.41) is 4.62. The summed E-state index contributed by atoms with van der Waals surface area (Å²) in [5.41, 5.74) is 4.64. The highest BCUT2D eigenvalue weighted by atomic mass is 16.7. The standard InChI is InChI=1S/C30H31NO3/c1-19-10-12-21(13-11-19)27-26(20-14-16-22(33-5)17-15-20)30(34-31-27)18-25(29(2,3)4)23-8-6-7-9-24(23)28(30)32/h6-17,25-26H,18H2,1-5H3/t25-,26+,30+/m0/s1. The number of rotatable bonds is 3. The molecule has 0 N–H and O–H groups in total. The minimum atomic E-state index is -1.10. The zero-order valence-corrected chi connectivity index (χ0v) is 20.5. The number of carbonyl (C=O) groups is 1. The quantitative estimate of drug-likeness (QED) is 0.445. The van der Waals surface area contributed by atoms with Gasteiger partial charge in [-0.25, -0.2) is 0 Å². The van der Waals surface area contributed by atoms with Gasteiger partial charge in [0.25, 0.3) is 0 Å². The number of hydrogen-bond acceptors (Lipinski definition) is 4. The van der Waals surface area contributed by atoms with Crippen molar-refractivity contribution < 1.29 is 14.4 Å². The van der Waals surface area contributed by atoms with Crippen LogP contribution in [0.25, 0.3) is 0 Å². The number of ether oxygens (including phenoxy) is 1. The van der Waals surface area contributed by atoms with Crippen LogP contribution < -0.4 is 4.74 Å². The zero-order chi connectivity index (χ0) is 24.1.